The van der Waals surface area contributed by atoms with Crippen molar-refractivity contribution < 1.29 is 19.2 Å². The lowest BCUT2D eigenvalue weighted by molar-refractivity contribution is -0.146. The first-order chi connectivity index (χ1) is 16.2. The van der Waals surface area contributed by atoms with E-state index in [1.807, 2.05) is 32.1 Å². The lowest BCUT2D eigenvalue weighted by atomic mass is 9.46. The van der Waals surface area contributed by atoms with Gasteiger partial charge in [-0.2, -0.15) is 0 Å². The van der Waals surface area contributed by atoms with Gasteiger partial charge in [0.15, 0.2) is 0 Å². The lowest BCUT2D eigenvalue weighted by Gasteiger charge is -2.53. The van der Waals surface area contributed by atoms with Gasteiger partial charge < -0.3 is 0 Å². The van der Waals surface area contributed by atoms with Crippen LogP contribution in [-0.2, 0) is 19.2 Å². The number of amides is 4. The molecule has 0 aromatic heterocycles. The number of carbonyl (C=O) groups excluding carboxylic acids is 4. The molecule has 4 amide bonds. The normalized spacial score (nSPS) is 34.0. The van der Waals surface area contributed by atoms with E-state index in [1.165, 1.54) is 9.80 Å². The number of allylic oxidation sites excluding steroid dienone is 2. The van der Waals surface area contributed by atoms with E-state index in [9.17, 15) is 19.2 Å². The molecular weight excluding hydrogens is 564 g/mol. The molecule has 2 heterocycles. The maximum atomic E-state index is 13.8. The third-order valence-electron chi connectivity index (χ3n) is 8.07. The number of anilines is 2. The molecule has 7 rings (SSSR count). The van der Waals surface area contributed by atoms with E-state index in [-0.39, 0.29) is 23.6 Å². The summed E-state index contributed by atoms with van der Waals surface area (Å²) in [6.45, 7) is 3.78. The summed E-state index contributed by atoms with van der Waals surface area (Å²) in [7, 11) is 0. The molecule has 2 aromatic rings. The molecule has 2 saturated heterocycles. The summed E-state index contributed by atoms with van der Waals surface area (Å²) in [5.74, 6) is -4.46. The van der Waals surface area contributed by atoms with Gasteiger partial charge in [-0.15, -0.1) is 0 Å². The molecule has 0 spiro atoms. The minimum Gasteiger partial charge on any atom is -0.274 e. The third-order valence-corrected chi connectivity index (χ3v) is 9.41. The molecule has 6 nitrogen and oxygen atoms in total. The quantitative estimate of drug-likeness (QED) is 0.379. The van der Waals surface area contributed by atoms with Gasteiger partial charge in [-0.05, 0) is 63.0 Å². The fraction of sp³-hybridized carbons (Fsp3) is 0.308. The zero-order chi connectivity index (χ0) is 24.1. The average molecular weight is 584 g/mol. The standard InChI is InChI=1S/C26H20Br2N2O4/c1-12-11-26(2)20-18(22(31)29(24(20)33)15-9-5-3-7-13(15)27)17(12)19-21(26)25(34)30(23(19)32)16-10-6-4-8-14(16)28/h3-11,17-21H,1-2H3/t17?,18-,19-,20+,21+,26?/m1/s1. The van der Waals surface area contributed by atoms with E-state index in [4.69, 9.17) is 0 Å². The van der Waals surface area contributed by atoms with Crippen LogP contribution in [0.15, 0.2) is 69.1 Å². The highest BCUT2D eigenvalue weighted by Gasteiger charge is 2.74. The Morgan fingerprint density at radius 2 is 1.09 bits per heavy atom. The average Bonchev–Trinajstić information content (AvgIpc) is 3.21. The van der Waals surface area contributed by atoms with E-state index in [0.29, 0.717) is 20.3 Å². The van der Waals surface area contributed by atoms with Crippen molar-refractivity contribution in [3.63, 3.8) is 0 Å². The fourth-order valence-electron chi connectivity index (χ4n) is 6.90. The first kappa shape index (κ1) is 21.9. The number of hydrogen-bond acceptors (Lipinski definition) is 4. The summed E-state index contributed by atoms with van der Waals surface area (Å²) in [5.41, 5.74) is 0.935. The van der Waals surface area contributed by atoms with Gasteiger partial charge in [-0.1, -0.05) is 42.8 Å². The summed E-state index contributed by atoms with van der Waals surface area (Å²) in [4.78, 5) is 57.8. The molecule has 0 unspecified atom stereocenters. The molecule has 3 fully saturated rings. The van der Waals surface area contributed by atoms with Crippen molar-refractivity contribution in [2.45, 2.75) is 13.8 Å². The molecule has 5 aliphatic rings. The van der Waals surface area contributed by atoms with Crippen molar-refractivity contribution in [1.29, 1.82) is 0 Å². The number of benzene rings is 2. The van der Waals surface area contributed by atoms with Crippen molar-refractivity contribution in [2.75, 3.05) is 9.80 Å². The van der Waals surface area contributed by atoms with Crippen LogP contribution in [0.4, 0.5) is 11.4 Å². The Labute approximate surface area is 213 Å². The zero-order valence-electron chi connectivity index (χ0n) is 18.4. The van der Waals surface area contributed by atoms with Gasteiger partial charge in [0.1, 0.15) is 0 Å². The molecule has 8 heteroatoms. The van der Waals surface area contributed by atoms with Crippen LogP contribution in [0.5, 0.6) is 0 Å². The van der Waals surface area contributed by atoms with Crippen molar-refractivity contribution in [3.8, 4) is 0 Å². The van der Waals surface area contributed by atoms with Gasteiger partial charge in [0.05, 0.1) is 35.0 Å². The van der Waals surface area contributed by atoms with Crippen LogP contribution < -0.4 is 9.80 Å². The van der Waals surface area contributed by atoms with Gasteiger partial charge in [-0.25, -0.2) is 9.80 Å². The van der Waals surface area contributed by atoms with Crippen LogP contribution in [0.25, 0.3) is 0 Å². The van der Waals surface area contributed by atoms with Crippen molar-refractivity contribution >= 4 is 66.9 Å². The number of rotatable bonds is 2. The van der Waals surface area contributed by atoms with Crippen LogP contribution in [0, 0.1) is 35.0 Å². The van der Waals surface area contributed by atoms with Gasteiger partial charge in [0.2, 0.25) is 23.6 Å². The first-order valence-electron chi connectivity index (χ1n) is 11.1. The summed E-state index contributed by atoms with van der Waals surface area (Å²) < 4.78 is 1.29. The Kier molecular flexibility index (Phi) is 4.65. The van der Waals surface area contributed by atoms with Gasteiger partial charge >= 0.3 is 0 Å². The molecule has 2 bridgehead atoms. The molecule has 3 aliphatic carbocycles. The largest absolute Gasteiger partial charge is 0.274 e. The predicted molar refractivity (Wildman–Crippen MR) is 133 cm³/mol. The second-order valence-corrected chi connectivity index (χ2v) is 11.4. The van der Waals surface area contributed by atoms with Crippen LogP contribution >= 0.6 is 31.9 Å². The van der Waals surface area contributed by atoms with Crippen LogP contribution in [0.1, 0.15) is 13.8 Å². The first-order valence-corrected chi connectivity index (χ1v) is 12.7. The van der Waals surface area contributed by atoms with Crippen LogP contribution in [-0.4, -0.2) is 23.6 Å². The topological polar surface area (TPSA) is 74.8 Å². The number of nitrogens with zero attached hydrogens (tertiary/aromatic N) is 2. The van der Waals surface area contributed by atoms with Gasteiger partial charge in [0.25, 0.3) is 0 Å². The monoisotopic (exact) mass is 582 g/mol. The smallest absolute Gasteiger partial charge is 0.238 e. The Hall–Kier alpha value is -2.58. The molecular formula is C26H20Br2N2O4. The van der Waals surface area contributed by atoms with E-state index in [2.05, 4.69) is 31.9 Å². The van der Waals surface area contributed by atoms with E-state index in [0.717, 1.165) is 5.57 Å². The Morgan fingerprint density at radius 3 is 1.50 bits per heavy atom. The highest BCUT2D eigenvalue weighted by atomic mass is 79.9. The molecule has 0 radical (unpaired) electrons. The van der Waals surface area contributed by atoms with E-state index < -0.39 is 35.0 Å². The lowest BCUT2D eigenvalue weighted by Crippen LogP contribution is -2.57. The number of carbonyl (C=O) groups is 4. The number of para-hydroxylation sites is 2. The molecule has 172 valence electrons. The second kappa shape index (κ2) is 7.21. The predicted octanol–water partition coefficient (Wildman–Crippen LogP) is 4.72. The maximum absolute atomic E-state index is 13.8. The number of hydrogen-bond donors (Lipinski definition) is 0. The Bertz CT molecular complexity index is 1260. The third kappa shape index (κ3) is 2.56. The molecule has 2 aliphatic heterocycles. The minimum atomic E-state index is -0.945. The maximum Gasteiger partial charge on any atom is 0.238 e. The highest BCUT2D eigenvalue weighted by molar-refractivity contribution is 9.11. The summed E-state index contributed by atoms with van der Waals surface area (Å²) in [6, 6.07) is 14.2. The Morgan fingerprint density at radius 1 is 0.676 bits per heavy atom. The summed E-state index contributed by atoms with van der Waals surface area (Å²) in [6.07, 6.45) is 1.98. The fourth-order valence-corrected chi connectivity index (χ4v) is 7.83. The molecule has 0 N–H and O–H groups in total. The van der Waals surface area contributed by atoms with E-state index >= 15 is 0 Å². The van der Waals surface area contributed by atoms with Crippen LogP contribution in [0.2, 0.25) is 0 Å². The number of imide groups is 2. The highest BCUT2D eigenvalue weighted by Crippen LogP contribution is 2.66. The van der Waals surface area contributed by atoms with Crippen molar-refractivity contribution in [1.82, 2.24) is 0 Å². The van der Waals surface area contributed by atoms with Crippen LogP contribution in [0.3, 0.4) is 0 Å². The zero-order valence-corrected chi connectivity index (χ0v) is 21.5. The summed E-state index contributed by atoms with van der Waals surface area (Å²) in [5, 5.41) is 0. The van der Waals surface area contributed by atoms with Gasteiger partial charge in [-0.3, -0.25) is 19.2 Å². The van der Waals surface area contributed by atoms with Crippen molar-refractivity contribution in [2.24, 2.45) is 35.0 Å². The Balaban J connectivity index is 1.50. The molecule has 34 heavy (non-hydrogen) atoms. The minimum absolute atomic E-state index is 0.302. The van der Waals surface area contributed by atoms with Crippen molar-refractivity contribution in [3.05, 3.63) is 69.1 Å². The van der Waals surface area contributed by atoms with Gasteiger partial charge in [0, 0.05) is 20.3 Å². The molecule has 2 aromatic carbocycles. The summed E-state index contributed by atoms with van der Waals surface area (Å²) >= 11 is 6.92. The SMILES string of the molecule is CC1=CC2(C)[C@@H]3C(=O)N(c4ccccc4Br)C(=O)[C@@H]3C1[C@H]1C(=O)N(c3ccccc3Br)C(=O)[C@H]12. The number of halogens is 2. The van der Waals surface area contributed by atoms with E-state index in [1.54, 1.807) is 36.4 Å². The molecule has 1 saturated carbocycles. The molecule has 4 atom stereocenters. The second-order valence-electron chi connectivity index (χ2n) is 9.71.